The van der Waals surface area contributed by atoms with Crippen molar-refractivity contribution in [2.24, 2.45) is 35.5 Å². The molecule has 12 heteroatoms. The Labute approximate surface area is 391 Å². The molecule has 0 aromatic rings. The van der Waals surface area contributed by atoms with Crippen LogP contribution in [0.4, 0.5) is 0 Å². The fraction of sp³-hybridized carbons (Fsp3) is 0.755. The number of carbonyl (C=O) groups is 5. The second kappa shape index (κ2) is 27.5. The minimum absolute atomic E-state index is 0.0553. The summed E-state index contributed by atoms with van der Waals surface area (Å²) < 4.78 is 29.7. The van der Waals surface area contributed by atoms with Crippen LogP contribution in [0.5, 0.6) is 0 Å². The van der Waals surface area contributed by atoms with Crippen LogP contribution in [0.1, 0.15) is 146 Å². The number of esters is 1. The summed E-state index contributed by atoms with van der Waals surface area (Å²) in [5.74, 6) is -3.01. The zero-order valence-electron chi connectivity index (χ0n) is 42.0. The highest BCUT2D eigenvalue weighted by atomic mass is 16.5. The highest BCUT2D eigenvalue weighted by Crippen LogP contribution is 2.38. The van der Waals surface area contributed by atoms with Gasteiger partial charge in [0.25, 0.3) is 11.7 Å². The van der Waals surface area contributed by atoms with Gasteiger partial charge in [0, 0.05) is 59.2 Å². The van der Waals surface area contributed by atoms with E-state index in [0.717, 1.165) is 31.3 Å². The Hall–Kier alpha value is -3.29. The molecule has 2 unspecified atom stereocenters. The predicted octanol–water partition coefficient (Wildman–Crippen LogP) is 8.92. The van der Waals surface area contributed by atoms with Gasteiger partial charge in [-0.15, -0.1) is 0 Å². The van der Waals surface area contributed by atoms with Crippen LogP contribution in [0.2, 0.25) is 0 Å². The highest BCUT2D eigenvalue weighted by Gasteiger charge is 2.51. The van der Waals surface area contributed by atoms with Crippen LogP contribution < -0.4 is 0 Å². The molecule has 1 amide bonds. The van der Waals surface area contributed by atoms with E-state index < -0.39 is 59.5 Å². The summed E-state index contributed by atoms with van der Waals surface area (Å²) in [6.07, 6.45) is 15.7. The number of allylic oxidation sites excluding steroid dienone is 6. The highest BCUT2D eigenvalue weighted by molar-refractivity contribution is 6.39. The summed E-state index contributed by atoms with van der Waals surface area (Å²) in [4.78, 5) is 72.2. The zero-order chi connectivity index (χ0) is 48.4. The molecular weight excluding hydrogens is 827 g/mol. The number of ether oxygens (including phenoxy) is 5. The zero-order valence-corrected chi connectivity index (χ0v) is 42.0. The number of nitrogens with zero attached hydrogens (tertiary/aromatic N) is 1. The molecule has 65 heavy (non-hydrogen) atoms. The van der Waals surface area contributed by atoms with Gasteiger partial charge in [-0.05, 0) is 113 Å². The van der Waals surface area contributed by atoms with E-state index in [1.807, 2.05) is 58.1 Å². The number of ketones is 3. The van der Waals surface area contributed by atoms with E-state index in [9.17, 15) is 29.1 Å². The van der Waals surface area contributed by atoms with Crippen molar-refractivity contribution in [2.75, 3.05) is 34.5 Å². The van der Waals surface area contributed by atoms with E-state index in [-0.39, 0.29) is 48.6 Å². The van der Waals surface area contributed by atoms with Gasteiger partial charge in [-0.1, -0.05) is 90.8 Å². The first-order valence-electron chi connectivity index (χ1n) is 24.5. The molecule has 12 nitrogen and oxygen atoms in total. The van der Waals surface area contributed by atoms with Crippen molar-refractivity contribution in [1.82, 2.24) is 4.90 Å². The number of amides is 1. The van der Waals surface area contributed by atoms with Crippen molar-refractivity contribution >= 4 is 29.2 Å². The molecule has 0 radical (unpaired) electrons. The Morgan fingerprint density at radius 1 is 0.892 bits per heavy atom. The second-order valence-corrected chi connectivity index (χ2v) is 19.8. The van der Waals surface area contributed by atoms with Crippen LogP contribution in [-0.2, 0) is 47.7 Å². The number of cyclic esters (lactones) is 1. The van der Waals surface area contributed by atoms with Gasteiger partial charge >= 0.3 is 5.97 Å². The molecule has 3 heterocycles. The molecule has 0 aromatic carbocycles. The van der Waals surface area contributed by atoms with Crippen LogP contribution in [0.3, 0.4) is 0 Å². The van der Waals surface area contributed by atoms with Gasteiger partial charge in [-0.3, -0.25) is 19.2 Å². The monoisotopic (exact) mass is 912 g/mol. The largest absolute Gasteiger partial charge is 0.460 e. The van der Waals surface area contributed by atoms with Crippen LogP contribution in [-0.4, -0.2) is 116 Å². The molecule has 2 bridgehead atoms. The van der Waals surface area contributed by atoms with Crippen LogP contribution in [0.25, 0.3) is 0 Å². The van der Waals surface area contributed by atoms with Crippen LogP contribution >= 0.6 is 0 Å². The predicted molar refractivity (Wildman–Crippen MR) is 254 cm³/mol. The molecule has 1 N–H and O–H groups in total. The maximum Gasteiger partial charge on any atom is 0.329 e. The van der Waals surface area contributed by atoms with Gasteiger partial charge in [-0.2, -0.15) is 0 Å². The van der Waals surface area contributed by atoms with E-state index in [1.165, 1.54) is 12.0 Å². The standard InChI is InChI=1S/C53H85NO11/c1-13-41(24-22-35(3)33-61-10)25-27-42-31-45(55)37(5)30-39(7)48(57)49(63-12)47(56)38(6)29-34(2)19-15-14-16-20-36(4)46(62-11)32-43-26-23-40(8)53(9,65-43)50(58)51(59)54-28-18-17-21-44(54)52(60)64-42/h14-16,19-20,30,34-35,37-38,40-44,46,48-49,57H,13,17-18,21-29,31-33H2,1-12H3/b16-14+,19-15+,36-20+,39-30+/t34-,35?,37-,38+,40-,41+,42-,43+,44+,46+,48-,49+,53?/m1/s1. The van der Waals surface area contributed by atoms with E-state index in [1.54, 1.807) is 41.1 Å². The lowest BCUT2D eigenvalue weighted by Crippen LogP contribution is -2.59. The Morgan fingerprint density at radius 2 is 1.62 bits per heavy atom. The minimum Gasteiger partial charge on any atom is -0.460 e. The van der Waals surface area contributed by atoms with Crippen molar-refractivity contribution in [2.45, 2.75) is 188 Å². The van der Waals surface area contributed by atoms with E-state index >= 15 is 0 Å². The molecule has 0 spiro atoms. The molecule has 3 rings (SSSR count). The molecule has 2 fully saturated rings. The van der Waals surface area contributed by atoms with Gasteiger partial charge in [0.1, 0.15) is 35.7 Å². The number of fused-ring (bicyclic) bond motifs is 3. The summed E-state index contributed by atoms with van der Waals surface area (Å²) in [5.41, 5.74) is -0.00314. The number of Topliss-reactive ketones (excluding diaryl/α,β-unsaturated/α-hetero) is 3. The summed E-state index contributed by atoms with van der Waals surface area (Å²) in [6, 6.07) is -0.985. The van der Waals surface area contributed by atoms with E-state index in [4.69, 9.17) is 23.7 Å². The van der Waals surface area contributed by atoms with Crippen molar-refractivity contribution in [3.63, 3.8) is 0 Å². The number of aliphatic hydroxyl groups is 1. The summed E-state index contributed by atoms with van der Waals surface area (Å²) in [5, 5.41) is 11.4. The Balaban J connectivity index is 2.02. The SMILES string of the molecule is CC[C@@H](CCC(C)COC)CC[C@@H]1CC(=O)[C@H](C)/C=C(\C)[C@@H](O)[C@@H](OC)C(=O)[C@@H](C)C[C@H](C)/C=C/C=C/C=C(\C)[C@@H](OC)C[C@@H]2CC[C@@H](C)C(C)(O2)C(=O)C(=O)N2CCCC[C@H]2C(=O)O1. The molecule has 368 valence electrons. The number of aliphatic hydroxyl groups excluding tert-OH is 1. The fourth-order valence-corrected chi connectivity index (χ4v) is 9.75. The van der Waals surface area contributed by atoms with Crippen molar-refractivity contribution in [3.05, 3.63) is 47.6 Å². The first kappa shape index (κ1) is 56.0. The third-order valence-electron chi connectivity index (χ3n) is 14.5. The smallest absolute Gasteiger partial charge is 0.329 e. The number of methoxy groups -OCH3 is 3. The topological polar surface area (TPSA) is 155 Å². The second-order valence-electron chi connectivity index (χ2n) is 19.8. The Kier molecular flexibility index (Phi) is 23.7. The lowest BCUT2D eigenvalue weighted by atomic mass is 9.78. The number of hydrogen-bond acceptors (Lipinski definition) is 11. The molecule has 13 atom stereocenters. The summed E-state index contributed by atoms with van der Waals surface area (Å²) in [6.45, 7) is 18.1. The van der Waals surface area contributed by atoms with Gasteiger partial charge < -0.3 is 33.7 Å². The lowest BCUT2D eigenvalue weighted by molar-refractivity contribution is -0.184. The van der Waals surface area contributed by atoms with Crippen molar-refractivity contribution in [3.8, 4) is 0 Å². The molecule has 3 aliphatic rings. The van der Waals surface area contributed by atoms with Gasteiger partial charge in [0.15, 0.2) is 5.78 Å². The van der Waals surface area contributed by atoms with Crippen LogP contribution in [0, 0.1) is 35.5 Å². The van der Waals surface area contributed by atoms with Crippen LogP contribution in [0.15, 0.2) is 47.6 Å². The normalized spacial score (nSPS) is 36.1. The molecular formula is C53H85NO11. The Bertz CT molecular complexity index is 1680. The van der Waals surface area contributed by atoms with E-state index in [0.29, 0.717) is 75.4 Å². The molecule has 0 aliphatic carbocycles. The molecule has 2 saturated heterocycles. The maximum absolute atomic E-state index is 14.4. The van der Waals surface area contributed by atoms with Gasteiger partial charge in [0.2, 0.25) is 0 Å². The Morgan fingerprint density at radius 3 is 2.28 bits per heavy atom. The fourth-order valence-electron chi connectivity index (χ4n) is 9.75. The average Bonchev–Trinajstić information content (AvgIpc) is 3.28. The maximum atomic E-state index is 14.4. The molecule has 3 aliphatic heterocycles. The summed E-state index contributed by atoms with van der Waals surface area (Å²) >= 11 is 0. The number of piperidine rings is 1. The quantitative estimate of drug-likeness (QED) is 0.120. The first-order chi connectivity index (χ1) is 30.8. The van der Waals surface area contributed by atoms with E-state index in [2.05, 4.69) is 13.8 Å². The number of rotatable bonds is 11. The first-order valence-corrected chi connectivity index (χ1v) is 24.5. The number of carbonyl (C=O) groups excluding carboxylic acids is 5. The third-order valence-corrected chi connectivity index (χ3v) is 14.5. The average molecular weight is 912 g/mol. The lowest BCUT2D eigenvalue weighted by Gasteiger charge is -2.44. The minimum atomic E-state index is -1.41. The van der Waals surface area contributed by atoms with Gasteiger partial charge in [-0.25, -0.2) is 4.79 Å². The molecule has 0 saturated carbocycles. The van der Waals surface area contributed by atoms with Crippen molar-refractivity contribution < 1.29 is 52.8 Å². The summed E-state index contributed by atoms with van der Waals surface area (Å²) in [7, 11) is 4.75. The van der Waals surface area contributed by atoms with Gasteiger partial charge in [0.05, 0.1) is 12.2 Å². The third kappa shape index (κ3) is 16.5. The number of hydrogen-bond donors (Lipinski definition) is 1. The molecule has 0 aromatic heterocycles. The van der Waals surface area contributed by atoms with Crippen molar-refractivity contribution in [1.29, 1.82) is 0 Å².